The van der Waals surface area contributed by atoms with Gasteiger partial charge in [0.2, 0.25) is 0 Å². The molecule has 0 saturated carbocycles. The van der Waals surface area contributed by atoms with Crippen LogP contribution in [0.2, 0.25) is 0 Å². The van der Waals surface area contributed by atoms with Crippen molar-refractivity contribution < 1.29 is 14.8 Å². The normalized spacial score (nSPS) is 11.9. The van der Waals surface area contributed by atoms with Crippen LogP contribution < -0.4 is 21.2 Å². The van der Waals surface area contributed by atoms with Crippen LogP contribution in [0.4, 0.5) is 0 Å². The molecule has 1 aromatic carbocycles. The first kappa shape index (κ1) is 13.3. The third kappa shape index (κ3) is 5.21. The van der Waals surface area contributed by atoms with Gasteiger partial charge in [-0.3, -0.25) is 16.5 Å². The first-order valence-electron chi connectivity index (χ1n) is 5.63. The first-order chi connectivity index (χ1) is 8.11. The van der Waals surface area contributed by atoms with Crippen molar-refractivity contribution in [1.82, 2.24) is 0 Å². The Morgan fingerprint density at radius 2 is 2.00 bits per heavy atom. The minimum Gasteiger partial charge on any atom is -0.491 e. The average molecular weight is 238 g/mol. The number of benzene rings is 1. The molecule has 0 saturated heterocycles. The van der Waals surface area contributed by atoms with E-state index in [9.17, 15) is 5.11 Å². The van der Waals surface area contributed by atoms with Gasteiger partial charge in [-0.2, -0.15) is 0 Å². The van der Waals surface area contributed by atoms with Crippen LogP contribution in [0.15, 0.2) is 24.3 Å². The number of aryl methyl sites for hydroxylation is 1. The van der Waals surface area contributed by atoms with Crippen LogP contribution in [0, 0.1) is 0 Å². The van der Waals surface area contributed by atoms with Gasteiger partial charge in [-0.15, -0.1) is 0 Å². The lowest BCUT2D eigenvalue weighted by molar-refractivity contribution is -0.471. The van der Waals surface area contributed by atoms with E-state index in [4.69, 9.17) is 16.2 Å². The molecule has 0 spiro atoms. The van der Waals surface area contributed by atoms with Gasteiger partial charge in [0.25, 0.3) is 0 Å². The Morgan fingerprint density at radius 3 is 2.53 bits per heavy atom. The summed E-state index contributed by atoms with van der Waals surface area (Å²) in [6.07, 6.45) is 0.348. The van der Waals surface area contributed by atoms with E-state index in [2.05, 4.69) is 11.9 Å². The summed E-state index contributed by atoms with van der Waals surface area (Å²) in [5, 5.41) is 9.55. The molecule has 0 radical (unpaired) electrons. The zero-order valence-electron chi connectivity index (χ0n) is 10.0. The van der Waals surface area contributed by atoms with Gasteiger partial charge in [-0.05, 0) is 24.1 Å². The fourth-order valence-electron chi connectivity index (χ4n) is 1.31. The Labute approximate surface area is 101 Å². The highest BCUT2D eigenvalue weighted by Crippen LogP contribution is 2.12. The van der Waals surface area contributed by atoms with Gasteiger partial charge in [0, 0.05) is 0 Å². The van der Waals surface area contributed by atoms with Gasteiger partial charge in [0.05, 0.1) is 6.54 Å². The van der Waals surface area contributed by atoms with Gasteiger partial charge in [-0.25, -0.2) is 0 Å². The van der Waals surface area contributed by atoms with Crippen LogP contribution in [0.3, 0.4) is 0 Å². The molecule has 5 heteroatoms. The molecule has 0 aliphatic rings. The summed E-state index contributed by atoms with van der Waals surface area (Å²) < 4.78 is 5.42. The molecule has 94 valence electrons. The molecule has 6 N–H and O–H groups in total. The predicted molar refractivity (Wildman–Crippen MR) is 66.5 cm³/mol. The first-order valence-corrected chi connectivity index (χ1v) is 5.63. The molecule has 0 aliphatic carbocycles. The number of nitrogens with two attached hydrogens (primary N) is 2. The molecule has 1 aromatic rings. The van der Waals surface area contributed by atoms with Crippen LogP contribution in [-0.2, 0) is 6.42 Å². The zero-order chi connectivity index (χ0) is 12.7. The summed E-state index contributed by atoms with van der Waals surface area (Å²) in [6, 6.07) is 7.79. The second-order valence-electron chi connectivity index (χ2n) is 3.80. The van der Waals surface area contributed by atoms with Crippen LogP contribution >= 0.6 is 0 Å². The molecular weight excluding hydrogens is 218 g/mol. The lowest BCUT2D eigenvalue weighted by Crippen LogP contribution is -2.80. The molecule has 0 amide bonds. The molecule has 0 unspecified atom stereocenters. The SMILES string of the molecule is CCc1ccc(OC[C@H](O)C[NH+]=C(N)N)cc1. The molecule has 0 heterocycles. The van der Waals surface area contributed by atoms with Crippen LogP contribution in [0.1, 0.15) is 12.5 Å². The molecule has 0 aromatic heterocycles. The third-order valence-corrected chi connectivity index (χ3v) is 2.32. The van der Waals surface area contributed by atoms with E-state index in [-0.39, 0.29) is 19.1 Å². The van der Waals surface area contributed by atoms with Gasteiger partial charge in [-0.1, -0.05) is 19.1 Å². The predicted octanol–water partition coefficient (Wildman–Crippen LogP) is -1.66. The largest absolute Gasteiger partial charge is 0.491 e. The van der Waals surface area contributed by atoms with Crippen LogP contribution in [-0.4, -0.2) is 30.3 Å². The number of aliphatic hydroxyl groups excluding tert-OH is 1. The van der Waals surface area contributed by atoms with Crippen molar-refractivity contribution in [2.75, 3.05) is 13.2 Å². The van der Waals surface area contributed by atoms with Crippen molar-refractivity contribution in [2.24, 2.45) is 11.5 Å². The van der Waals surface area contributed by atoms with Gasteiger partial charge in [0.1, 0.15) is 18.5 Å². The van der Waals surface area contributed by atoms with E-state index in [0.29, 0.717) is 0 Å². The van der Waals surface area contributed by atoms with E-state index in [1.165, 1.54) is 5.56 Å². The Morgan fingerprint density at radius 1 is 1.35 bits per heavy atom. The highest BCUT2D eigenvalue weighted by atomic mass is 16.5. The lowest BCUT2D eigenvalue weighted by atomic mass is 10.2. The number of hydrogen-bond donors (Lipinski definition) is 4. The van der Waals surface area contributed by atoms with E-state index in [1.807, 2.05) is 24.3 Å². The van der Waals surface area contributed by atoms with E-state index < -0.39 is 6.10 Å². The number of hydrogen-bond acceptors (Lipinski definition) is 2. The average Bonchev–Trinajstić information content (AvgIpc) is 2.34. The summed E-state index contributed by atoms with van der Waals surface area (Å²) in [6.45, 7) is 2.57. The summed E-state index contributed by atoms with van der Waals surface area (Å²) in [5.41, 5.74) is 11.7. The molecule has 0 bridgehead atoms. The van der Waals surface area contributed by atoms with Crippen molar-refractivity contribution in [3.05, 3.63) is 29.8 Å². The number of rotatable bonds is 6. The highest BCUT2D eigenvalue weighted by Gasteiger charge is 2.05. The Bertz CT molecular complexity index is 359. The summed E-state index contributed by atoms with van der Waals surface area (Å²) in [7, 11) is 0. The van der Waals surface area contributed by atoms with Crippen molar-refractivity contribution in [3.8, 4) is 5.75 Å². The number of guanidine groups is 1. The van der Waals surface area contributed by atoms with Gasteiger partial charge >= 0.3 is 5.96 Å². The van der Waals surface area contributed by atoms with Crippen molar-refractivity contribution >= 4 is 5.96 Å². The van der Waals surface area contributed by atoms with Crippen LogP contribution in [0.5, 0.6) is 5.75 Å². The molecule has 5 nitrogen and oxygen atoms in total. The second-order valence-corrected chi connectivity index (χ2v) is 3.80. The fourth-order valence-corrected chi connectivity index (χ4v) is 1.31. The smallest absolute Gasteiger partial charge is 0.338 e. The summed E-state index contributed by atoms with van der Waals surface area (Å²) >= 11 is 0. The minimum atomic E-state index is -0.650. The standard InChI is InChI=1S/C12H19N3O2/c1-2-9-3-5-11(6-4-9)17-8-10(16)7-15-12(13)14/h3-6,10,16H,2,7-8H2,1H3,(H4,13,14,15)/p+1/t10-/m1/s1. The maximum Gasteiger partial charge on any atom is 0.338 e. The third-order valence-electron chi connectivity index (χ3n) is 2.32. The number of nitrogens with one attached hydrogen (secondary N) is 1. The molecule has 1 rings (SSSR count). The molecular formula is C12H20N3O2+. The topological polar surface area (TPSA) is 95.5 Å². The Kier molecular flexibility index (Phi) is 5.29. The molecule has 17 heavy (non-hydrogen) atoms. The van der Waals surface area contributed by atoms with E-state index in [1.54, 1.807) is 0 Å². The lowest BCUT2D eigenvalue weighted by Gasteiger charge is -2.10. The number of aliphatic hydroxyl groups is 1. The second kappa shape index (κ2) is 6.75. The monoisotopic (exact) mass is 238 g/mol. The van der Waals surface area contributed by atoms with E-state index in [0.717, 1.165) is 12.2 Å². The fraction of sp³-hybridized carbons (Fsp3) is 0.417. The van der Waals surface area contributed by atoms with Crippen molar-refractivity contribution in [1.29, 1.82) is 0 Å². The summed E-state index contributed by atoms with van der Waals surface area (Å²) in [5.74, 6) is 0.835. The zero-order valence-corrected chi connectivity index (χ0v) is 10.0. The maximum atomic E-state index is 9.55. The number of ether oxygens (including phenoxy) is 1. The maximum absolute atomic E-state index is 9.55. The highest BCUT2D eigenvalue weighted by molar-refractivity contribution is 5.69. The quantitative estimate of drug-likeness (QED) is 0.352. The Hall–Kier alpha value is -1.75. The van der Waals surface area contributed by atoms with Crippen molar-refractivity contribution in [2.45, 2.75) is 19.4 Å². The Balaban J connectivity index is 2.36. The molecule has 0 fully saturated rings. The summed E-state index contributed by atoms with van der Waals surface area (Å²) in [4.78, 5) is 2.64. The van der Waals surface area contributed by atoms with Gasteiger partial charge in [0.15, 0.2) is 0 Å². The van der Waals surface area contributed by atoms with Crippen LogP contribution in [0.25, 0.3) is 0 Å². The van der Waals surface area contributed by atoms with E-state index >= 15 is 0 Å². The molecule has 1 atom stereocenters. The van der Waals surface area contributed by atoms with Crippen molar-refractivity contribution in [3.63, 3.8) is 0 Å². The van der Waals surface area contributed by atoms with Gasteiger partial charge < -0.3 is 9.84 Å². The molecule has 0 aliphatic heterocycles. The minimum absolute atomic E-state index is 0.0938.